The van der Waals surface area contributed by atoms with Gasteiger partial charge in [-0.25, -0.2) is 0 Å². The first-order valence-corrected chi connectivity index (χ1v) is 7.11. The monoisotopic (exact) mass is 269 g/mol. The Balaban J connectivity index is 1.68. The van der Waals surface area contributed by atoms with Crippen LogP contribution in [0.25, 0.3) is 0 Å². The minimum Gasteiger partial charge on any atom is -0.336 e. The molecule has 0 saturated carbocycles. The number of benzene rings is 1. The standard InChI is InChI=1S/C16H19N3O/c1-2-19-9-8-15(17-19)12-18-11-14(10-16(18)20)13-6-4-3-5-7-13/h3-9,14H,2,10-12H2,1H3. The molecular formula is C16H19N3O. The Labute approximate surface area is 119 Å². The fourth-order valence-electron chi connectivity index (χ4n) is 2.73. The van der Waals surface area contributed by atoms with Crippen LogP contribution in [0, 0.1) is 0 Å². The highest BCUT2D eigenvalue weighted by Crippen LogP contribution is 2.28. The molecule has 2 aromatic rings. The molecule has 1 atom stereocenters. The minimum atomic E-state index is 0.227. The fourth-order valence-corrected chi connectivity index (χ4v) is 2.73. The molecule has 1 aromatic carbocycles. The van der Waals surface area contributed by atoms with E-state index < -0.39 is 0 Å². The van der Waals surface area contributed by atoms with Gasteiger partial charge in [0, 0.05) is 31.6 Å². The molecule has 0 bridgehead atoms. The third-order valence-electron chi connectivity index (χ3n) is 3.86. The summed E-state index contributed by atoms with van der Waals surface area (Å²) >= 11 is 0. The number of rotatable bonds is 4. The van der Waals surface area contributed by atoms with E-state index in [0.717, 1.165) is 18.8 Å². The zero-order valence-corrected chi connectivity index (χ0v) is 11.7. The lowest BCUT2D eigenvalue weighted by atomic mass is 9.99. The molecule has 2 heterocycles. The predicted molar refractivity (Wildman–Crippen MR) is 77.1 cm³/mol. The quantitative estimate of drug-likeness (QED) is 0.855. The number of hydrogen-bond acceptors (Lipinski definition) is 2. The van der Waals surface area contributed by atoms with E-state index >= 15 is 0 Å². The summed E-state index contributed by atoms with van der Waals surface area (Å²) in [5.41, 5.74) is 2.22. The number of hydrogen-bond donors (Lipinski definition) is 0. The SMILES string of the molecule is CCn1ccc(CN2CC(c3ccccc3)CC2=O)n1. The lowest BCUT2D eigenvalue weighted by molar-refractivity contribution is -0.128. The van der Waals surface area contributed by atoms with Gasteiger partial charge in [-0.05, 0) is 18.6 Å². The van der Waals surface area contributed by atoms with Crippen LogP contribution in [0.1, 0.15) is 30.5 Å². The van der Waals surface area contributed by atoms with Gasteiger partial charge in [0.05, 0.1) is 12.2 Å². The average Bonchev–Trinajstić information content (AvgIpc) is 3.08. The van der Waals surface area contributed by atoms with Crippen molar-refractivity contribution >= 4 is 5.91 Å². The van der Waals surface area contributed by atoms with Gasteiger partial charge >= 0.3 is 0 Å². The van der Waals surface area contributed by atoms with Crippen LogP contribution >= 0.6 is 0 Å². The second-order valence-corrected chi connectivity index (χ2v) is 5.25. The topological polar surface area (TPSA) is 38.1 Å². The van der Waals surface area contributed by atoms with Crippen LogP contribution in [-0.4, -0.2) is 27.1 Å². The summed E-state index contributed by atoms with van der Waals surface area (Å²) in [6, 6.07) is 12.3. The second-order valence-electron chi connectivity index (χ2n) is 5.25. The van der Waals surface area contributed by atoms with Crippen LogP contribution in [0.2, 0.25) is 0 Å². The molecule has 4 heteroatoms. The zero-order valence-electron chi connectivity index (χ0n) is 11.7. The Morgan fingerprint density at radius 1 is 1.25 bits per heavy atom. The molecule has 3 rings (SSSR count). The number of amides is 1. The van der Waals surface area contributed by atoms with Crippen LogP contribution in [0.3, 0.4) is 0 Å². The van der Waals surface area contributed by atoms with Gasteiger partial charge in [0.1, 0.15) is 0 Å². The van der Waals surface area contributed by atoms with E-state index in [-0.39, 0.29) is 5.91 Å². The van der Waals surface area contributed by atoms with Gasteiger partial charge in [0.15, 0.2) is 0 Å². The smallest absolute Gasteiger partial charge is 0.223 e. The largest absolute Gasteiger partial charge is 0.336 e. The summed E-state index contributed by atoms with van der Waals surface area (Å²) in [7, 11) is 0. The molecule has 1 amide bonds. The van der Waals surface area contributed by atoms with E-state index in [2.05, 4.69) is 24.2 Å². The molecule has 0 aliphatic carbocycles. The summed E-state index contributed by atoms with van der Waals surface area (Å²) in [6.45, 7) is 4.33. The minimum absolute atomic E-state index is 0.227. The molecule has 0 spiro atoms. The van der Waals surface area contributed by atoms with Gasteiger partial charge in [-0.1, -0.05) is 30.3 Å². The highest BCUT2D eigenvalue weighted by molar-refractivity contribution is 5.79. The van der Waals surface area contributed by atoms with Crippen LogP contribution in [0.5, 0.6) is 0 Å². The molecule has 1 aromatic heterocycles. The van der Waals surface area contributed by atoms with Crippen LogP contribution in [0.4, 0.5) is 0 Å². The summed E-state index contributed by atoms with van der Waals surface area (Å²) in [5, 5.41) is 4.45. The van der Waals surface area contributed by atoms with Gasteiger partial charge in [0.2, 0.25) is 5.91 Å². The van der Waals surface area contributed by atoms with Crippen molar-refractivity contribution < 1.29 is 4.79 Å². The fraction of sp³-hybridized carbons (Fsp3) is 0.375. The molecule has 1 aliphatic rings. The lowest BCUT2D eigenvalue weighted by Gasteiger charge is -2.15. The molecule has 1 unspecified atom stereocenters. The van der Waals surface area contributed by atoms with Crippen LogP contribution < -0.4 is 0 Å². The molecule has 20 heavy (non-hydrogen) atoms. The van der Waals surface area contributed by atoms with E-state index in [1.807, 2.05) is 40.0 Å². The molecular weight excluding hydrogens is 250 g/mol. The summed E-state index contributed by atoms with van der Waals surface area (Å²) < 4.78 is 1.89. The van der Waals surface area contributed by atoms with Gasteiger partial charge in [-0.15, -0.1) is 0 Å². The Kier molecular flexibility index (Phi) is 3.54. The first-order valence-electron chi connectivity index (χ1n) is 7.11. The number of carbonyl (C=O) groups is 1. The average molecular weight is 269 g/mol. The summed E-state index contributed by atoms with van der Waals surface area (Å²) in [5.74, 6) is 0.543. The molecule has 0 N–H and O–H groups in total. The van der Waals surface area contributed by atoms with Crippen molar-refractivity contribution in [2.45, 2.75) is 32.4 Å². The third-order valence-corrected chi connectivity index (χ3v) is 3.86. The van der Waals surface area contributed by atoms with Gasteiger partial charge in [-0.3, -0.25) is 9.48 Å². The van der Waals surface area contributed by atoms with Crippen molar-refractivity contribution in [2.24, 2.45) is 0 Å². The summed E-state index contributed by atoms with van der Waals surface area (Å²) in [6.07, 6.45) is 2.57. The van der Waals surface area contributed by atoms with Gasteiger partial charge in [-0.2, -0.15) is 5.10 Å². The second kappa shape index (κ2) is 5.49. The maximum atomic E-state index is 12.1. The first kappa shape index (κ1) is 12.9. The molecule has 1 fully saturated rings. The number of aryl methyl sites for hydroxylation is 1. The number of carbonyl (C=O) groups excluding carboxylic acids is 1. The van der Waals surface area contributed by atoms with Crippen LogP contribution in [-0.2, 0) is 17.9 Å². The van der Waals surface area contributed by atoms with E-state index in [1.54, 1.807) is 0 Å². The molecule has 0 radical (unpaired) electrons. The van der Waals surface area contributed by atoms with Crippen molar-refractivity contribution in [3.05, 3.63) is 53.9 Å². The Bertz CT molecular complexity index is 591. The maximum Gasteiger partial charge on any atom is 0.223 e. The molecule has 1 saturated heterocycles. The van der Waals surface area contributed by atoms with E-state index in [4.69, 9.17) is 0 Å². The summed E-state index contributed by atoms with van der Waals surface area (Å²) in [4.78, 5) is 14.0. The van der Waals surface area contributed by atoms with E-state index in [1.165, 1.54) is 5.56 Å². The molecule has 104 valence electrons. The normalized spacial score (nSPS) is 18.8. The van der Waals surface area contributed by atoms with Crippen molar-refractivity contribution in [1.29, 1.82) is 0 Å². The maximum absolute atomic E-state index is 12.1. The lowest BCUT2D eigenvalue weighted by Crippen LogP contribution is -2.24. The molecule has 4 nitrogen and oxygen atoms in total. The van der Waals surface area contributed by atoms with E-state index in [0.29, 0.717) is 18.9 Å². The first-order chi connectivity index (χ1) is 9.76. The Morgan fingerprint density at radius 2 is 2.05 bits per heavy atom. The highest BCUT2D eigenvalue weighted by atomic mass is 16.2. The van der Waals surface area contributed by atoms with Gasteiger partial charge in [0.25, 0.3) is 0 Å². The van der Waals surface area contributed by atoms with Crippen molar-refractivity contribution in [3.63, 3.8) is 0 Å². The van der Waals surface area contributed by atoms with Crippen molar-refractivity contribution in [3.8, 4) is 0 Å². The van der Waals surface area contributed by atoms with E-state index in [9.17, 15) is 4.79 Å². The number of likely N-dealkylation sites (tertiary alicyclic amines) is 1. The van der Waals surface area contributed by atoms with Gasteiger partial charge < -0.3 is 4.90 Å². The Hall–Kier alpha value is -2.10. The zero-order chi connectivity index (χ0) is 13.9. The Morgan fingerprint density at radius 3 is 2.75 bits per heavy atom. The molecule has 1 aliphatic heterocycles. The number of aromatic nitrogens is 2. The van der Waals surface area contributed by atoms with Crippen LogP contribution in [0.15, 0.2) is 42.6 Å². The van der Waals surface area contributed by atoms with Crippen molar-refractivity contribution in [2.75, 3.05) is 6.54 Å². The highest BCUT2D eigenvalue weighted by Gasteiger charge is 2.30. The van der Waals surface area contributed by atoms with Crippen molar-refractivity contribution in [1.82, 2.24) is 14.7 Å². The predicted octanol–water partition coefficient (Wildman–Crippen LogP) is 2.42. The number of nitrogens with zero attached hydrogens (tertiary/aromatic N) is 3. The third kappa shape index (κ3) is 2.59.